The predicted octanol–water partition coefficient (Wildman–Crippen LogP) is 3.13. The van der Waals surface area contributed by atoms with Crippen LogP contribution in [0.2, 0.25) is 0 Å². The van der Waals surface area contributed by atoms with Gasteiger partial charge in [-0.1, -0.05) is 18.2 Å². The van der Waals surface area contributed by atoms with Crippen molar-refractivity contribution >= 4 is 36.6 Å². The zero-order valence-corrected chi connectivity index (χ0v) is 25.5. The van der Waals surface area contributed by atoms with Crippen LogP contribution in [-0.4, -0.2) is 80.3 Å². The minimum atomic E-state index is -4.31. The van der Waals surface area contributed by atoms with E-state index in [1.165, 1.54) is 24.7 Å². The molecule has 234 valence electrons. The Morgan fingerprint density at radius 1 is 1.30 bits per heavy atom. The molecule has 0 amide bonds. The van der Waals surface area contributed by atoms with Crippen LogP contribution in [0.25, 0.3) is 11.2 Å². The lowest BCUT2D eigenvalue weighted by Crippen LogP contribution is -2.44. The van der Waals surface area contributed by atoms with E-state index in [2.05, 4.69) is 20.0 Å². The minimum absolute atomic E-state index is 0.0213. The summed E-state index contributed by atoms with van der Waals surface area (Å²) in [5.74, 6) is 0.00447. The van der Waals surface area contributed by atoms with Gasteiger partial charge in [-0.15, -0.1) is 0 Å². The number of nitrogens with zero attached hydrogens (tertiary/aromatic N) is 5. The van der Waals surface area contributed by atoms with Crippen LogP contribution in [-0.2, 0) is 23.4 Å². The third kappa shape index (κ3) is 6.60. The van der Waals surface area contributed by atoms with E-state index in [1.807, 2.05) is 11.9 Å². The van der Waals surface area contributed by atoms with Gasteiger partial charge in [0.05, 0.1) is 19.0 Å². The van der Waals surface area contributed by atoms with Crippen LogP contribution in [0.5, 0.6) is 5.75 Å². The number of para-hydroxylation sites is 1. The molecular formula is C27H37FN7O7P. The fourth-order valence-corrected chi connectivity index (χ4v) is 6.35. The molecule has 6 atom stereocenters. The van der Waals surface area contributed by atoms with Gasteiger partial charge in [-0.25, -0.2) is 13.9 Å². The number of aliphatic hydroxyl groups excluding tert-OH is 1. The molecule has 1 aromatic carbocycles. The molecule has 0 bridgehead atoms. The van der Waals surface area contributed by atoms with Gasteiger partial charge in [-0.2, -0.15) is 15.1 Å². The van der Waals surface area contributed by atoms with Crippen LogP contribution in [0.3, 0.4) is 0 Å². The summed E-state index contributed by atoms with van der Waals surface area (Å²) in [5.41, 5.74) is 4.93. The lowest BCUT2D eigenvalue weighted by atomic mass is 9.99. The Labute approximate surface area is 248 Å². The zero-order chi connectivity index (χ0) is 31.1. The summed E-state index contributed by atoms with van der Waals surface area (Å²) in [4.78, 5) is 27.4. The highest BCUT2D eigenvalue weighted by molar-refractivity contribution is 7.52. The fraction of sp³-hybridized carbons (Fsp3) is 0.556. The Balaban J connectivity index is 1.38. The van der Waals surface area contributed by atoms with E-state index in [4.69, 9.17) is 24.3 Å². The average molecular weight is 622 g/mol. The molecule has 43 heavy (non-hydrogen) atoms. The van der Waals surface area contributed by atoms with Crippen molar-refractivity contribution in [3.8, 4) is 5.75 Å². The Morgan fingerprint density at radius 2 is 2.00 bits per heavy atom. The number of hydrogen-bond donors (Lipinski definition) is 3. The summed E-state index contributed by atoms with van der Waals surface area (Å²) < 4.78 is 53.6. The number of aromatic nitrogens is 4. The Kier molecular flexibility index (Phi) is 8.65. The number of benzene rings is 1. The minimum Gasteiger partial charge on any atom is -0.462 e. The topological polar surface area (TPSA) is 176 Å². The highest BCUT2D eigenvalue weighted by Gasteiger charge is 2.55. The second-order valence-electron chi connectivity index (χ2n) is 11.3. The van der Waals surface area contributed by atoms with Crippen LogP contribution >= 0.6 is 7.75 Å². The number of hydrogen-bond acceptors (Lipinski definition) is 12. The van der Waals surface area contributed by atoms with Crippen LogP contribution in [0.4, 0.5) is 16.2 Å². The number of alkyl halides is 1. The van der Waals surface area contributed by atoms with Crippen LogP contribution in [0.1, 0.15) is 46.8 Å². The van der Waals surface area contributed by atoms with Crippen molar-refractivity contribution < 1.29 is 37.4 Å². The molecular weight excluding hydrogens is 584 g/mol. The lowest BCUT2D eigenvalue weighted by Gasteiger charge is -2.30. The van der Waals surface area contributed by atoms with Crippen molar-refractivity contribution in [2.45, 2.75) is 82.8 Å². The molecule has 16 heteroatoms. The smallest absolute Gasteiger partial charge is 0.459 e. The number of nitrogen functional groups attached to an aromatic ring is 1. The maximum absolute atomic E-state index is 15.7. The summed E-state index contributed by atoms with van der Waals surface area (Å²) in [6, 6.07) is 7.39. The van der Waals surface area contributed by atoms with Crippen molar-refractivity contribution in [1.82, 2.24) is 24.6 Å². The second kappa shape index (κ2) is 12.0. The number of imidazole rings is 1. The fourth-order valence-electron chi connectivity index (χ4n) is 4.77. The zero-order valence-electron chi connectivity index (χ0n) is 24.6. The maximum atomic E-state index is 15.7. The Morgan fingerprint density at radius 3 is 2.65 bits per heavy atom. The largest absolute Gasteiger partial charge is 0.462 e. The number of nitrogens with two attached hydrogens (primary N) is 1. The van der Waals surface area contributed by atoms with E-state index in [0.29, 0.717) is 17.4 Å². The molecule has 14 nitrogen and oxygen atoms in total. The van der Waals surface area contributed by atoms with Crippen molar-refractivity contribution in [1.29, 1.82) is 0 Å². The van der Waals surface area contributed by atoms with Gasteiger partial charge in [0, 0.05) is 13.1 Å². The first kappa shape index (κ1) is 31.1. The van der Waals surface area contributed by atoms with Gasteiger partial charge in [0.1, 0.15) is 23.5 Å². The molecule has 2 aliphatic rings. The summed E-state index contributed by atoms with van der Waals surface area (Å²) in [7, 11) is -2.43. The summed E-state index contributed by atoms with van der Waals surface area (Å²) in [6.07, 6.45) is -2.07. The summed E-state index contributed by atoms with van der Waals surface area (Å²) in [6.45, 7) is 5.65. The Bertz CT molecular complexity index is 1510. The Hall–Kier alpha value is -3.36. The molecule has 4 N–H and O–H groups in total. The molecule has 1 saturated carbocycles. The van der Waals surface area contributed by atoms with Crippen LogP contribution in [0.15, 0.2) is 36.7 Å². The monoisotopic (exact) mass is 621 g/mol. The second-order valence-corrected chi connectivity index (χ2v) is 13.0. The van der Waals surface area contributed by atoms with Gasteiger partial charge in [-0.3, -0.25) is 13.9 Å². The van der Waals surface area contributed by atoms with E-state index in [1.54, 1.807) is 44.2 Å². The first-order valence-corrected chi connectivity index (χ1v) is 15.5. The third-order valence-electron chi connectivity index (χ3n) is 7.26. The first-order chi connectivity index (χ1) is 20.3. The molecule has 3 aromatic rings. The van der Waals surface area contributed by atoms with E-state index in [9.17, 15) is 14.5 Å². The SMILES string of the molecule is CC(C)OC(=O)[C@H](C)NP(=O)(OC[C@@]1(C)O[C@@H](n2cnc3c(N(C)C4CC4)nc(N)nc32)[C@H](F)[C@@H]1O)Oc1ccccc1. The quantitative estimate of drug-likeness (QED) is 0.199. The number of ether oxygens (including phenoxy) is 2. The molecule has 5 rings (SSSR count). The molecule has 1 aliphatic heterocycles. The summed E-state index contributed by atoms with van der Waals surface area (Å²) >= 11 is 0. The van der Waals surface area contributed by atoms with E-state index in [0.717, 1.165) is 12.8 Å². The maximum Gasteiger partial charge on any atom is 0.459 e. The number of aliphatic hydroxyl groups is 1. The molecule has 1 unspecified atom stereocenters. The number of carbonyl (C=O) groups is 1. The molecule has 0 radical (unpaired) electrons. The van der Waals surface area contributed by atoms with Crippen LogP contribution < -0.4 is 20.2 Å². The van der Waals surface area contributed by atoms with Gasteiger partial charge in [-0.05, 0) is 52.7 Å². The predicted molar refractivity (Wildman–Crippen MR) is 155 cm³/mol. The molecule has 1 aliphatic carbocycles. The van der Waals surface area contributed by atoms with Gasteiger partial charge in [0.25, 0.3) is 0 Å². The highest BCUT2D eigenvalue weighted by Crippen LogP contribution is 2.48. The van der Waals surface area contributed by atoms with Gasteiger partial charge >= 0.3 is 13.7 Å². The van der Waals surface area contributed by atoms with Gasteiger partial charge in [0.2, 0.25) is 5.95 Å². The van der Waals surface area contributed by atoms with E-state index >= 15 is 4.39 Å². The average Bonchev–Trinajstić information content (AvgIpc) is 3.68. The molecule has 1 saturated heterocycles. The van der Waals surface area contributed by atoms with Crippen molar-refractivity contribution in [3.05, 3.63) is 36.7 Å². The first-order valence-electron chi connectivity index (χ1n) is 14.0. The van der Waals surface area contributed by atoms with E-state index in [-0.39, 0.29) is 17.3 Å². The van der Waals surface area contributed by atoms with E-state index < -0.39 is 56.6 Å². The number of anilines is 2. The van der Waals surface area contributed by atoms with Crippen LogP contribution in [0, 0.1) is 0 Å². The van der Waals surface area contributed by atoms with Gasteiger partial charge in [0.15, 0.2) is 29.4 Å². The standard InChI is InChI=1S/C27H37FN7O7P/c1-15(2)40-25(37)16(3)33-43(38,42-18-9-7-6-8-10-18)39-13-27(4)21(36)19(28)24(41-27)35-14-30-20-22(34(5)17-11-12-17)31-26(29)32-23(20)35/h6-10,14-17,19,21,24,36H,11-13H2,1-5H3,(H,33,38)(H2,29,31,32)/t16-,19+,21-,24+,27+,43?/m0/s1. The lowest BCUT2D eigenvalue weighted by molar-refractivity contribution is -0.149. The number of rotatable bonds is 12. The van der Waals surface area contributed by atoms with Crippen molar-refractivity contribution in [2.24, 2.45) is 0 Å². The number of esters is 1. The number of carbonyl (C=O) groups excluding carboxylic acids is 1. The summed E-state index contributed by atoms with van der Waals surface area (Å²) in [5, 5.41) is 13.6. The van der Waals surface area contributed by atoms with Gasteiger partial charge < -0.3 is 29.7 Å². The highest BCUT2D eigenvalue weighted by atomic mass is 31.2. The number of nitrogens with one attached hydrogen (secondary N) is 1. The molecule has 2 fully saturated rings. The molecule has 2 aromatic heterocycles. The number of halogens is 1. The normalized spacial score (nSPS) is 25.9. The molecule has 3 heterocycles. The third-order valence-corrected chi connectivity index (χ3v) is 8.88. The molecule has 0 spiro atoms. The van der Waals surface area contributed by atoms with Crippen molar-refractivity contribution in [2.75, 3.05) is 24.3 Å². The number of fused-ring (bicyclic) bond motifs is 1. The van der Waals surface area contributed by atoms with Crippen molar-refractivity contribution in [3.63, 3.8) is 0 Å².